The van der Waals surface area contributed by atoms with Crippen molar-refractivity contribution in [2.75, 3.05) is 26.4 Å². The predicted octanol–water partition coefficient (Wildman–Crippen LogP) is 13.4. The van der Waals surface area contributed by atoms with E-state index < -0.39 is 131 Å². The quantitative estimate of drug-likeness (QED) is 0.0199. The van der Waals surface area contributed by atoms with Gasteiger partial charge in [0.25, 0.3) is 0 Å². The summed E-state index contributed by atoms with van der Waals surface area (Å²) in [4.78, 5) is 13.5. The molecule has 0 aromatic carbocycles. The van der Waals surface area contributed by atoms with Crippen LogP contribution in [0.2, 0.25) is 0 Å². The van der Waals surface area contributed by atoms with Gasteiger partial charge in [0.15, 0.2) is 18.9 Å². The van der Waals surface area contributed by atoms with Crippen LogP contribution >= 0.6 is 0 Å². The molecule has 0 aliphatic carbocycles. The maximum atomic E-state index is 13.5. The van der Waals surface area contributed by atoms with Gasteiger partial charge in [-0.25, -0.2) is 0 Å². The molecule has 3 heterocycles. The highest BCUT2D eigenvalue weighted by atomic mass is 16.8. The lowest BCUT2D eigenvalue weighted by Gasteiger charge is -2.48. The molecule has 0 spiro atoms. The van der Waals surface area contributed by atoms with Gasteiger partial charge < -0.3 is 89.9 Å². The van der Waals surface area contributed by atoms with E-state index in [0.29, 0.717) is 12.8 Å². The molecular weight excluding hydrogens is 1330 g/mol. The van der Waals surface area contributed by atoms with Crippen LogP contribution in [0, 0.1) is 0 Å². The summed E-state index contributed by atoms with van der Waals surface area (Å²) in [5, 5.41) is 121. The third-order valence-corrected chi connectivity index (χ3v) is 18.5. The van der Waals surface area contributed by atoms with Gasteiger partial charge in [-0.05, 0) is 128 Å². The van der Waals surface area contributed by atoms with E-state index in [4.69, 9.17) is 28.4 Å². The summed E-state index contributed by atoms with van der Waals surface area (Å²) in [5.41, 5.74) is 0. The maximum Gasteiger partial charge on any atom is 0.220 e. The molecule has 19 heteroatoms. The molecule has 3 fully saturated rings. The maximum absolute atomic E-state index is 13.5. The molecule has 3 aliphatic rings. The first-order valence-corrected chi connectivity index (χ1v) is 39.9. The van der Waals surface area contributed by atoms with E-state index >= 15 is 0 Å². The minimum atomic E-state index is -1.99. The van der Waals surface area contributed by atoms with Crippen molar-refractivity contribution in [1.29, 1.82) is 0 Å². The first kappa shape index (κ1) is 94.4. The Hall–Kier alpha value is -4.85. The number of allylic oxidation sites excluding steroid dienone is 27. The molecule has 3 saturated heterocycles. The monoisotopic (exact) mass is 1470 g/mol. The first-order chi connectivity index (χ1) is 51.3. The van der Waals surface area contributed by atoms with Crippen LogP contribution < -0.4 is 5.32 Å². The zero-order valence-electron chi connectivity index (χ0n) is 63.6. The standard InChI is InChI=1S/C86H139NO18/c1-3-5-7-9-11-13-15-17-19-21-23-25-26-27-28-29-30-31-32-33-34-35-36-37-38-39-40-41-42-44-46-48-50-52-54-56-58-60-62-64-74(92)87-69(70(91)63-61-59-57-55-53-51-49-47-45-43-24-22-20-18-16-14-12-10-8-6-4-2)68-100-84-80(98)77(95)82(72(66-89)102-84)105-86-81(99)78(96)83(73(67-90)103-86)104-85-79(97)76(94)75(93)71(65-88)101-85/h5,7,11,13,17,19,23,25,27-28,30-31,33-34,36-37,39-40,42,44-45,47-48,50,53,55,61,63,69-73,75-86,88-91,93-99H,3-4,6,8-10,12,14-16,18,20-22,24,26,29,32,35,38,41,43,46,49,51-52,54,56-60,62,64-68H2,1-2H3,(H,87,92)/b7-5-,13-11-,19-17-,25-23-,28-27-,31-30-,34-33-,37-36-,40-39-,44-42-,47-45+,50-48-,55-53+,63-61+. The number of rotatable bonds is 60. The smallest absolute Gasteiger partial charge is 0.220 e. The third kappa shape index (κ3) is 43.8. The molecule has 17 unspecified atom stereocenters. The van der Waals surface area contributed by atoms with Gasteiger partial charge in [0, 0.05) is 6.42 Å². The van der Waals surface area contributed by atoms with Crippen LogP contribution in [0.5, 0.6) is 0 Å². The Morgan fingerprint density at radius 1 is 0.352 bits per heavy atom. The minimum Gasteiger partial charge on any atom is -0.394 e. The fraction of sp³-hybridized carbons (Fsp3) is 0.663. The normalized spacial score (nSPS) is 26.7. The lowest BCUT2D eigenvalue weighted by molar-refractivity contribution is -0.379. The lowest BCUT2D eigenvalue weighted by atomic mass is 9.96. The Labute approximate surface area is 630 Å². The van der Waals surface area contributed by atoms with Gasteiger partial charge in [-0.1, -0.05) is 267 Å². The molecule has 19 nitrogen and oxygen atoms in total. The topological polar surface area (TPSA) is 307 Å². The number of nitrogens with one attached hydrogen (secondary N) is 1. The van der Waals surface area contributed by atoms with Gasteiger partial charge in [0.2, 0.25) is 5.91 Å². The molecule has 0 aromatic rings. The number of unbranched alkanes of at least 4 members (excludes halogenated alkanes) is 18. The van der Waals surface area contributed by atoms with Crippen LogP contribution in [0.25, 0.3) is 0 Å². The average molecular weight is 1480 g/mol. The van der Waals surface area contributed by atoms with Crippen molar-refractivity contribution in [3.8, 4) is 0 Å². The van der Waals surface area contributed by atoms with Crippen LogP contribution in [-0.4, -0.2) is 193 Å². The van der Waals surface area contributed by atoms with E-state index in [1.165, 1.54) is 70.6 Å². The summed E-state index contributed by atoms with van der Waals surface area (Å²) in [5.74, 6) is -0.315. The second kappa shape index (κ2) is 64.0. The van der Waals surface area contributed by atoms with Gasteiger partial charge in [0.05, 0.1) is 38.6 Å². The zero-order chi connectivity index (χ0) is 76.0. The molecule has 3 aliphatic heterocycles. The molecule has 596 valence electrons. The molecule has 105 heavy (non-hydrogen) atoms. The number of carbonyl (C=O) groups excluding carboxylic acids is 1. The van der Waals surface area contributed by atoms with Crippen molar-refractivity contribution in [2.45, 2.75) is 336 Å². The van der Waals surface area contributed by atoms with E-state index in [9.17, 15) is 61.0 Å². The van der Waals surface area contributed by atoms with Crippen LogP contribution in [0.4, 0.5) is 0 Å². The van der Waals surface area contributed by atoms with E-state index in [0.717, 1.165) is 128 Å². The van der Waals surface area contributed by atoms with Gasteiger partial charge in [-0.15, -0.1) is 0 Å². The Morgan fingerprint density at radius 2 is 0.667 bits per heavy atom. The van der Waals surface area contributed by atoms with Gasteiger partial charge in [-0.2, -0.15) is 0 Å². The van der Waals surface area contributed by atoms with Crippen molar-refractivity contribution in [3.63, 3.8) is 0 Å². The van der Waals surface area contributed by atoms with Crippen molar-refractivity contribution in [2.24, 2.45) is 0 Å². The van der Waals surface area contributed by atoms with Crippen molar-refractivity contribution >= 4 is 5.91 Å². The number of ether oxygens (including phenoxy) is 6. The fourth-order valence-corrected chi connectivity index (χ4v) is 12.1. The molecule has 12 N–H and O–H groups in total. The lowest BCUT2D eigenvalue weighted by Crippen LogP contribution is -2.66. The number of carbonyl (C=O) groups is 1. The highest BCUT2D eigenvalue weighted by Gasteiger charge is 2.53. The number of hydrogen-bond acceptors (Lipinski definition) is 18. The Kier molecular flexibility index (Phi) is 57.5. The number of aliphatic hydroxyl groups excluding tert-OH is 11. The highest BCUT2D eigenvalue weighted by Crippen LogP contribution is 2.33. The summed E-state index contributed by atoms with van der Waals surface area (Å²) < 4.78 is 34.4. The SMILES string of the molecule is CC/C=C\C/C=C\C/C=C\C/C=C\C/C=C\C/C=C\C/C=C\C/C=C\C/C=C\C/C=C\C/C=C\CCCCCCCC(=O)NC(COC1OC(CO)C(OC2OC(CO)C(OC3OC(CO)C(O)C(O)C3O)C(O)C2O)C(O)C1O)C(O)/C=C/CC/C=C/CC/C=C/CCCCCCCCCCCCC. The molecule has 0 saturated carbocycles. The van der Waals surface area contributed by atoms with Crippen molar-refractivity contribution in [1.82, 2.24) is 5.32 Å². The molecule has 0 radical (unpaired) electrons. The second-order valence-corrected chi connectivity index (χ2v) is 27.4. The highest BCUT2D eigenvalue weighted by molar-refractivity contribution is 5.76. The molecular formula is C86H139NO18. The summed E-state index contributed by atoms with van der Waals surface area (Å²) >= 11 is 0. The van der Waals surface area contributed by atoms with Crippen molar-refractivity contribution in [3.05, 3.63) is 170 Å². The fourth-order valence-electron chi connectivity index (χ4n) is 12.1. The van der Waals surface area contributed by atoms with Gasteiger partial charge >= 0.3 is 0 Å². The summed E-state index contributed by atoms with van der Waals surface area (Å²) in [6.07, 6.45) is 69.0. The van der Waals surface area contributed by atoms with Gasteiger partial charge in [0.1, 0.15) is 73.2 Å². The van der Waals surface area contributed by atoms with Gasteiger partial charge in [-0.3, -0.25) is 4.79 Å². The predicted molar refractivity (Wildman–Crippen MR) is 419 cm³/mol. The minimum absolute atomic E-state index is 0.198. The number of aliphatic hydroxyl groups is 11. The number of hydrogen-bond donors (Lipinski definition) is 12. The second-order valence-electron chi connectivity index (χ2n) is 27.4. The van der Waals surface area contributed by atoms with Crippen molar-refractivity contribution < 1.29 is 89.4 Å². The Bertz CT molecular complexity index is 2570. The Morgan fingerprint density at radius 3 is 1.07 bits per heavy atom. The largest absolute Gasteiger partial charge is 0.394 e. The summed E-state index contributed by atoms with van der Waals surface area (Å²) in [6, 6.07) is -1.02. The third-order valence-electron chi connectivity index (χ3n) is 18.5. The van der Waals surface area contributed by atoms with Crippen LogP contribution in [0.15, 0.2) is 170 Å². The molecule has 3 rings (SSSR count). The Balaban J connectivity index is 1.39. The average Bonchev–Trinajstić information content (AvgIpc) is 0.780. The van der Waals surface area contributed by atoms with Crippen LogP contribution in [0.1, 0.15) is 232 Å². The van der Waals surface area contributed by atoms with E-state index in [1.807, 2.05) is 6.08 Å². The molecule has 1 amide bonds. The van der Waals surface area contributed by atoms with E-state index in [-0.39, 0.29) is 12.3 Å². The molecule has 17 atom stereocenters. The molecule has 0 bridgehead atoms. The molecule has 0 aromatic heterocycles. The van der Waals surface area contributed by atoms with Crippen LogP contribution in [-0.2, 0) is 33.2 Å². The first-order valence-electron chi connectivity index (χ1n) is 39.9. The summed E-state index contributed by atoms with van der Waals surface area (Å²) in [6.45, 7) is 1.56. The van der Waals surface area contributed by atoms with Crippen LogP contribution in [0.3, 0.4) is 0 Å². The number of amides is 1. The summed E-state index contributed by atoms with van der Waals surface area (Å²) in [7, 11) is 0. The van der Waals surface area contributed by atoms with E-state index in [1.54, 1.807) is 6.08 Å². The zero-order valence-corrected chi connectivity index (χ0v) is 63.6. The van der Waals surface area contributed by atoms with E-state index in [2.05, 4.69) is 177 Å².